The number of aromatic amines is 1. The highest BCUT2D eigenvalue weighted by Gasteiger charge is 2.30. The average molecular weight is 281 g/mol. The lowest BCUT2D eigenvalue weighted by Crippen LogP contribution is -2.14. The maximum Gasteiger partial charge on any atom is 0.356 e. The van der Waals surface area contributed by atoms with Gasteiger partial charge in [-0.2, -0.15) is 0 Å². The van der Waals surface area contributed by atoms with Crippen molar-refractivity contribution in [3.63, 3.8) is 0 Å². The summed E-state index contributed by atoms with van der Waals surface area (Å²) in [7, 11) is 0. The predicted octanol–water partition coefficient (Wildman–Crippen LogP) is 1.85. The molecule has 0 saturated heterocycles. The van der Waals surface area contributed by atoms with Gasteiger partial charge in [-0.05, 0) is 5.56 Å². The summed E-state index contributed by atoms with van der Waals surface area (Å²) < 4.78 is 1.60. The van der Waals surface area contributed by atoms with E-state index in [0.29, 0.717) is 0 Å². The quantitative estimate of drug-likeness (QED) is 0.712. The van der Waals surface area contributed by atoms with Crippen molar-refractivity contribution in [2.75, 3.05) is 0 Å². The molecule has 4 rings (SSSR count). The van der Waals surface area contributed by atoms with Gasteiger partial charge in [-0.3, -0.25) is 9.20 Å². The first-order valence-electron chi connectivity index (χ1n) is 6.56. The molecule has 0 fully saturated rings. The van der Waals surface area contributed by atoms with Crippen LogP contribution in [0.5, 0.6) is 0 Å². The van der Waals surface area contributed by atoms with Gasteiger partial charge in [0, 0.05) is 17.7 Å². The Kier molecular flexibility index (Phi) is 2.16. The standard InChI is InChI=1S/C15H11N3O3/c1-7-8-4-2-3-5-9(8)11-12(7)18-6-10(15(20)21)16-13(18)14(19)17-11/h2-7H,1H3,(H,17,19)(H,20,21). The summed E-state index contributed by atoms with van der Waals surface area (Å²) in [6.07, 6.45) is 1.41. The second-order valence-electron chi connectivity index (χ2n) is 5.15. The Labute approximate surface area is 118 Å². The molecule has 2 N–H and O–H groups in total. The largest absolute Gasteiger partial charge is 0.476 e. The van der Waals surface area contributed by atoms with E-state index in [-0.39, 0.29) is 22.8 Å². The topological polar surface area (TPSA) is 87.5 Å². The third kappa shape index (κ3) is 1.44. The predicted molar refractivity (Wildman–Crippen MR) is 75.7 cm³/mol. The fourth-order valence-corrected chi connectivity index (χ4v) is 3.06. The van der Waals surface area contributed by atoms with Crippen LogP contribution in [0.15, 0.2) is 35.3 Å². The highest BCUT2D eigenvalue weighted by molar-refractivity contribution is 5.86. The highest BCUT2D eigenvalue weighted by atomic mass is 16.4. The molecule has 104 valence electrons. The maximum absolute atomic E-state index is 12.2. The molecular weight excluding hydrogens is 270 g/mol. The molecule has 1 aromatic carbocycles. The molecule has 6 nitrogen and oxygen atoms in total. The number of H-pyrrole nitrogens is 1. The Morgan fingerprint density at radius 2 is 2.14 bits per heavy atom. The molecule has 2 heterocycles. The van der Waals surface area contributed by atoms with Gasteiger partial charge in [0.1, 0.15) is 0 Å². The number of benzene rings is 1. The van der Waals surface area contributed by atoms with E-state index < -0.39 is 5.97 Å². The Balaban J connectivity index is 2.14. The minimum atomic E-state index is -1.14. The van der Waals surface area contributed by atoms with Gasteiger partial charge in [-0.1, -0.05) is 31.2 Å². The van der Waals surface area contributed by atoms with Crippen molar-refractivity contribution >= 4 is 11.6 Å². The number of hydrogen-bond donors (Lipinski definition) is 2. The number of imidazole rings is 1. The molecule has 1 atom stereocenters. The van der Waals surface area contributed by atoms with Crippen molar-refractivity contribution in [2.45, 2.75) is 12.8 Å². The average Bonchev–Trinajstić information content (AvgIpc) is 3.01. The number of carboxylic acid groups (broad SMARTS) is 1. The van der Waals surface area contributed by atoms with Gasteiger partial charge in [0.05, 0.1) is 11.4 Å². The number of fused-ring (bicyclic) bond motifs is 5. The van der Waals surface area contributed by atoms with Crippen molar-refractivity contribution in [3.05, 3.63) is 57.8 Å². The van der Waals surface area contributed by atoms with Crippen LogP contribution in [-0.4, -0.2) is 25.4 Å². The number of carboxylic acids is 1. The van der Waals surface area contributed by atoms with Crippen LogP contribution in [0, 0.1) is 0 Å². The second-order valence-corrected chi connectivity index (χ2v) is 5.15. The molecule has 2 aromatic heterocycles. The van der Waals surface area contributed by atoms with Gasteiger partial charge in [-0.25, -0.2) is 9.78 Å². The van der Waals surface area contributed by atoms with Crippen LogP contribution in [0.3, 0.4) is 0 Å². The SMILES string of the molecule is CC1c2ccccc2-c2[nH]c(=O)c3nc(C(=O)O)cn3c21. The number of carbonyl (C=O) groups is 1. The molecule has 0 saturated carbocycles. The summed E-state index contributed by atoms with van der Waals surface area (Å²) in [5.74, 6) is -1.08. The zero-order chi connectivity index (χ0) is 14.7. The molecular formula is C15H11N3O3. The molecule has 1 unspecified atom stereocenters. The Bertz CT molecular complexity index is 968. The fraction of sp³-hybridized carbons (Fsp3) is 0.133. The van der Waals surface area contributed by atoms with Crippen molar-refractivity contribution in [3.8, 4) is 11.3 Å². The monoisotopic (exact) mass is 281 g/mol. The van der Waals surface area contributed by atoms with E-state index in [2.05, 4.69) is 9.97 Å². The number of aromatic nitrogens is 3. The zero-order valence-corrected chi connectivity index (χ0v) is 11.1. The van der Waals surface area contributed by atoms with Crippen molar-refractivity contribution < 1.29 is 9.90 Å². The molecule has 0 bridgehead atoms. The molecule has 0 aliphatic heterocycles. The van der Waals surface area contributed by atoms with Crippen molar-refractivity contribution in [1.29, 1.82) is 0 Å². The van der Waals surface area contributed by atoms with E-state index in [1.807, 2.05) is 31.2 Å². The summed E-state index contributed by atoms with van der Waals surface area (Å²) in [5.41, 5.74) is 3.30. The van der Waals surface area contributed by atoms with Crippen molar-refractivity contribution in [1.82, 2.24) is 14.4 Å². The van der Waals surface area contributed by atoms with E-state index in [1.165, 1.54) is 6.20 Å². The number of nitrogens with one attached hydrogen (secondary N) is 1. The van der Waals surface area contributed by atoms with Gasteiger partial charge in [0.2, 0.25) is 5.65 Å². The summed E-state index contributed by atoms with van der Waals surface area (Å²) in [6.45, 7) is 2.03. The van der Waals surface area contributed by atoms with Crippen LogP contribution in [0.4, 0.5) is 0 Å². The third-order valence-corrected chi connectivity index (χ3v) is 3.99. The van der Waals surface area contributed by atoms with Crippen LogP contribution in [0.25, 0.3) is 16.9 Å². The smallest absolute Gasteiger partial charge is 0.356 e. The lowest BCUT2D eigenvalue weighted by Gasteiger charge is -2.08. The second kappa shape index (κ2) is 3.82. The van der Waals surface area contributed by atoms with E-state index >= 15 is 0 Å². The molecule has 1 aliphatic carbocycles. The lowest BCUT2D eigenvalue weighted by molar-refractivity contribution is 0.0691. The zero-order valence-electron chi connectivity index (χ0n) is 11.1. The van der Waals surface area contributed by atoms with Crippen LogP contribution in [0.2, 0.25) is 0 Å². The number of nitrogens with zero attached hydrogens (tertiary/aromatic N) is 2. The minimum Gasteiger partial charge on any atom is -0.476 e. The molecule has 0 spiro atoms. The van der Waals surface area contributed by atoms with Crippen molar-refractivity contribution in [2.24, 2.45) is 0 Å². The fourth-order valence-electron chi connectivity index (χ4n) is 3.06. The van der Waals surface area contributed by atoms with Gasteiger partial charge >= 0.3 is 5.97 Å². The van der Waals surface area contributed by atoms with Gasteiger partial charge in [0.15, 0.2) is 5.69 Å². The van der Waals surface area contributed by atoms with Crippen LogP contribution >= 0.6 is 0 Å². The summed E-state index contributed by atoms with van der Waals surface area (Å²) in [4.78, 5) is 30.0. The van der Waals surface area contributed by atoms with Gasteiger partial charge in [0.25, 0.3) is 5.56 Å². The molecule has 21 heavy (non-hydrogen) atoms. The normalized spacial score (nSPS) is 16.0. The summed E-state index contributed by atoms with van der Waals surface area (Å²) in [6, 6.07) is 7.83. The molecule has 0 radical (unpaired) electrons. The Morgan fingerprint density at radius 1 is 1.38 bits per heavy atom. The van der Waals surface area contributed by atoms with Gasteiger partial charge < -0.3 is 10.1 Å². The van der Waals surface area contributed by atoms with Gasteiger partial charge in [-0.15, -0.1) is 0 Å². The molecule has 1 aliphatic rings. The van der Waals surface area contributed by atoms with E-state index in [4.69, 9.17) is 5.11 Å². The van der Waals surface area contributed by atoms with E-state index in [9.17, 15) is 9.59 Å². The van der Waals surface area contributed by atoms with E-state index in [1.54, 1.807) is 4.40 Å². The van der Waals surface area contributed by atoms with Crippen LogP contribution < -0.4 is 5.56 Å². The molecule has 6 heteroatoms. The molecule has 0 amide bonds. The third-order valence-electron chi connectivity index (χ3n) is 3.99. The number of aromatic carboxylic acids is 1. The lowest BCUT2D eigenvalue weighted by atomic mass is 10.0. The first-order valence-corrected chi connectivity index (χ1v) is 6.56. The van der Waals surface area contributed by atoms with Crippen LogP contribution in [0.1, 0.15) is 34.6 Å². The number of rotatable bonds is 1. The van der Waals surface area contributed by atoms with E-state index in [0.717, 1.165) is 22.5 Å². The number of hydrogen-bond acceptors (Lipinski definition) is 3. The summed E-state index contributed by atoms with van der Waals surface area (Å²) >= 11 is 0. The van der Waals surface area contributed by atoms with Crippen LogP contribution in [-0.2, 0) is 0 Å². The first kappa shape index (κ1) is 11.9. The Hall–Kier alpha value is -2.89. The molecule has 3 aromatic rings. The first-order chi connectivity index (χ1) is 10.1. The Morgan fingerprint density at radius 3 is 2.90 bits per heavy atom. The minimum absolute atomic E-state index is 0.0615. The summed E-state index contributed by atoms with van der Waals surface area (Å²) in [5, 5.41) is 9.08. The highest BCUT2D eigenvalue weighted by Crippen LogP contribution is 2.42. The maximum atomic E-state index is 12.2.